The number of anilines is 2. The normalized spacial score (nSPS) is 10.3. The molecule has 0 aliphatic rings. The summed E-state index contributed by atoms with van der Waals surface area (Å²) in [5, 5.41) is 44.5. The lowest BCUT2D eigenvalue weighted by Gasteiger charge is -2.09. The summed E-state index contributed by atoms with van der Waals surface area (Å²) in [7, 11) is 0. The molecule has 49 heavy (non-hydrogen) atoms. The van der Waals surface area contributed by atoms with Crippen LogP contribution in [0.2, 0.25) is 30.1 Å². The van der Waals surface area contributed by atoms with Crippen molar-refractivity contribution in [3.05, 3.63) is 163 Å². The van der Waals surface area contributed by atoms with Gasteiger partial charge in [0.05, 0.1) is 19.8 Å². The number of benzene rings is 6. The average Bonchev–Trinajstić information content (AvgIpc) is 3.07. The highest BCUT2D eigenvalue weighted by molar-refractivity contribution is 7.99. The van der Waals surface area contributed by atoms with E-state index in [0.29, 0.717) is 47.4 Å². The summed E-state index contributed by atoms with van der Waals surface area (Å²) < 4.78 is 0. The molecule has 0 bridgehead atoms. The Labute approximate surface area is 318 Å². The lowest BCUT2D eigenvalue weighted by atomic mass is 10.0. The predicted molar refractivity (Wildman–Crippen MR) is 206 cm³/mol. The minimum absolute atomic E-state index is 0.119. The average molecular weight is 794 g/mol. The molecular formula is C37H27Cl6NO4S. The van der Waals surface area contributed by atoms with E-state index in [2.05, 4.69) is 5.32 Å². The van der Waals surface area contributed by atoms with Gasteiger partial charge >= 0.3 is 0 Å². The largest absolute Gasteiger partial charge is 0.508 e. The second kappa shape index (κ2) is 18.4. The molecule has 0 fully saturated rings. The van der Waals surface area contributed by atoms with Crippen molar-refractivity contribution in [3.8, 4) is 23.0 Å². The van der Waals surface area contributed by atoms with E-state index in [1.54, 1.807) is 24.3 Å². The van der Waals surface area contributed by atoms with E-state index in [1.165, 1.54) is 36.4 Å². The van der Waals surface area contributed by atoms with Crippen LogP contribution in [0.1, 0.15) is 11.1 Å². The summed E-state index contributed by atoms with van der Waals surface area (Å²) in [6.45, 7) is 0. The summed E-state index contributed by atoms with van der Waals surface area (Å²) >= 11 is 36.2. The number of hydrogen-bond donors (Lipinski definition) is 5. The number of hydrogen-bond acceptors (Lipinski definition) is 6. The first-order valence-electron chi connectivity index (χ1n) is 14.3. The zero-order valence-electron chi connectivity index (χ0n) is 25.2. The van der Waals surface area contributed by atoms with Crippen LogP contribution < -0.4 is 5.32 Å². The van der Waals surface area contributed by atoms with Crippen LogP contribution in [0.25, 0.3) is 0 Å². The minimum Gasteiger partial charge on any atom is -0.508 e. The highest BCUT2D eigenvalue weighted by Crippen LogP contribution is 2.46. The van der Waals surface area contributed by atoms with Crippen molar-refractivity contribution in [3.63, 3.8) is 0 Å². The molecule has 5 N–H and O–H groups in total. The number of halogens is 6. The molecular weight excluding hydrogens is 767 g/mol. The van der Waals surface area contributed by atoms with Crippen molar-refractivity contribution < 1.29 is 20.4 Å². The van der Waals surface area contributed by atoms with E-state index >= 15 is 0 Å². The summed E-state index contributed by atoms with van der Waals surface area (Å²) in [5.74, 6) is 0.0562. The third-order valence-electron chi connectivity index (χ3n) is 6.51. The number of aromatic hydroxyl groups is 4. The van der Waals surface area contributed by atoms with Crippen molar-refractivity contribution in [1.29, 1.82) is 0 Å². The lowest BCUT2D eigenvalue weighted by Crippen LogP contribution is -1.90. The second-order valence-electron chi connectivity index (χ2n) is 10.2. The van der Waals surface area contributed by atoms with Gasteiger partial charge in [0, 0.05) is 37.9 Å². The fourth-order valence-corrected chi connectivity index (χ4v) is 6.80. The van der Waals surface area contributed by atoms with Gasteiger partial charge in [-0.2, -0.15) is 0 Å². The third kappa shape index (κ3) is 11.8. The quantitative estimate of drug-likeness (QED) is 0.115. The van der Waals surface area contributed by atoms with E-state index in [0.717, 1.165) is 23.1 Å². The fraction of sp³-hybridized carbons (Fsp3) is 0.0270. The Bertz CT molecular complexity index is 1870. The van der Waals surface area contributed by atoms with Crippen molar-refractivity contribution >= 4 is 92.7 Å². The highest BCUT2D eigenvalue weighted by atomic mass is 35.5. The molecule has 0 radical (unpaired) electrons. The van der Waals surface area contributed by atoms with E-state index in [1.807, 2.05) is 60.7 Å². The molecule has 252 valence electrons. The molecule has 5 nitrogen and oxygen atoms in total. The third-order valence-corrected chi connectivity index (χ3v) is 9.05. The molecule has 0 atom stereocenters. The summed E-state index contributed by atoms with van der Waals surface area (Å²) in [6, 6.07) is 35.8. The lowest BCUT2D eigenvalue weighted by molar-refractivity contribution is 0.460. The van der Waals surface area contributed by atoms with Gasteiger partial charge in [-0.05, 0) is 96.1 Å². The smallest absolute Gasteiger partial charge is 0.148 e. The van der Waals surface area contributed by atoms with Crippen LogP contribution in [-0.4, -0.2) is 20.4 Å². The van der Waals surface area contributed by atoms with Gasteiger partial charge in [0.1, 0.15) is 23.0 Å². The molecule has 0 unspecified atom stereocenters. The minimum atomic E-state index is -0.119. The monoisotopic (exact) mass is 791 g/mol. The number of rotatable bonds is 6. The van der Waals surface area contributed by atoms with Crippen LogP contribution in [0.4, 0.5) is 11.4 Å². The zero-order valence-corrected chi connectivity index (χ0v) is 30.6. The second-order valence-corrected chi connectivity index (χ2v) is 13.8. The maximum absolute atomic E-state index is 9.85. The molecule has 6 aromatic rings. The maximum Gasteiger partial charge on any atom is 0.148 e. The molecule has 0 aliphatic heterocycles. The van der Waals surface area contributed by atoms with E-state index in [4.69, 9.17) is 69.6 Å². The van der Waals surface area contributed by atoms with Crippen molar-refractivity contribution in [2.75, 3.05) is 5.32 Å². The van der Waals surface area contributed by atoms with Gasteiger partial charge in [-0.15, -0.1) is 0 Å². The molecule has 6 aromatic carbocycles. The molecule has 0 aliphatic carbocycles. The Morgan fingerprint density at radius 1 is 0.449 bits per heavy atom. The Balaban J connectivity index is 0.000000168. The molecule has 0 heterocycles. The summed E-state index contributed by atoms with van der Waals surface area (Å²) in [6.07, 6.45) is 0.374. The van der Waals surface area contributed by atoms with Crippen molar-refractivity contribution in [1.82, 2.24) is 0 Å². The van der Waals surface area contributed by atoms with Crippen LogP contribution >= 0.6 is 81.4 Å². The van der Waals surface area contributed by atoms with Gasteiger partial charge in [0.15, 0.2) is 0 Å². The van der Waals surface area contributed by atoms with Crippen molar-refractivity contribution in [2.45, 2.75) is 16.2 Å². The Morgan fingerprint density at radius 3 is 1.22 bits per heavy atom. The Hall–Kier alpha value is -3.59. The van der Waals surface area contributed by atoms with Crippen LogP contribution in [0.5, 0.6) is 23.0 Å². The first-order chi connectivity index (χ1) is 23.4. The Morgan fingerprint density at radius 2 is 0.837 bits per heavy atom. The van der Waals surface area contributed by atoms with E-state index < -0.39 is 0 Å². The highest BCUT2D eigenvalue weighted by Gasteiger charge is 2.14. The summed E-state index contributed by atoms with van der Waals surface area (Å²) in [4.78, 5) is 0.789. The number of nitrogens with one attached hydrogen (secondary N) is 1. The number of phenols is 4. The van der Waals surface area contributed by atoms with Crippen molar-refractivity contribution in [2.24, 2.45) is 0 Å². The molecule has 6 rings (SSSR count). The van der Waals surface area contributed by atoms with Gasteiger partial charge in [-0.25, -0.2) is 0 Å². The van der Waals surface area contributed by atoms with Crippen LogP contribution in [-0.2, 0) is 6.42 Å². The predicted octanol–water partition coefficient (Wildman–Crippen LogP) is 13.3. The van der Waals surface area contributed by atoms with Gasteiger partial charge in [-0.1, -0.05) is 118 Å². The first-order valence-corrected chi connectivity index (χ1v) is 17.3. The van der Waals surface area contributed by atoms with E-state index in [9.17, 15) is 20.4 Å². The standard InChI is InChI=1S/C13H10Cl2O2.C12H6Cl4O2S.C12H11N/c14-10-1-3-12(16)8(6-10)5-9-7-11(15)2-4-13(9)17;13-5-1-7(15)11(17)9(3-5)19-10-4-6(14)2-8(16)12(10)18;1-3-7-11(8-4-1)13-12-9-5-2-6-10-12/h1-4,6-7,16-17H,5H2;1-4,17-18H;1-10,13H. The summed E-state index contributed by atoms with van der Waals surface area (Å²) in [5.41, 5.74) is 3.53. The number of phenolic OH excluding ortho intramolecular Hbond substituents is 4. The van der Waals surface area contributed by atoms with Gasteiger partial charge in [0.25, 0.3) is 0 Å². The molecule has 0 spiro atoms. The maximum atomic E-state index is 9.85. The first kappa shape index (κ1) is 38.2. The van der Waals surface area contributed by atoms with Crippen LogP contribution in [0.15, 0.2) is 131 Å². The van der Waals surface area contributed by atoms with E-state index in [-0.39, 0.29) is 33.0 Å². The molecule has 12 heteroatoms. The van der Waals surface area contributed by atoms with Crippen LogP contribution in [0, 0.1) is 0 Å². The molecule has 0 saturated heterocycles. The molecule has 0 aromatic heterocycles. The van der Waals surface area contributed by atoms with Gasteiger partial charge in [0.2, 0.25) is 0 Å². The van der Waals surface area contributed by atoms with Gasteiger partial charge in [-0.3, -0.25) is 0 Å². The number of para-hydroxylation sites is 2. The van der Waals surface area contributed by atoms with Gasteiger partial charge < -0.3 is 25.7 Å². The SMILES string of the molecule is Oc1c(Cl)cc(Cl)cc1Sc1cc(Cl)cc(Cl)c1O.Oc1ccc(Cl)cc1Cc1cc(Cl)ccc1O.c1ccc(Nc2ccccc2)cc1. The zero-order chi connectivity index (χ0) is 35.5. The fourth-order valence-electron chi connectivity index (χ4n) is 4.16. The molecule has 0 amide bonds. The Kier molecular flexibility index (Phi) is 14.4. The van der Waals surface area contributed by atoms with Crippen LogP contribution in [0.3, 0.4) is 0 Å². The molecule has 0 saturated carbocycles. The topological polar surface area (TPSA) is 93.0 Å².